The summed E-state index contributed by atoms with van der Waals surface area (Å²) in [6, 6.07) is 20.1. The zero-order valence-electron chi connectivity index (χ0n) is 31.0. The Kier molecular flexibility index (Phi) is 15.0. The molecule has 2 aromatic heterocycles. The first kappa shape index (κ1) is 43.5. The fourth-order valence-electron chi connectivity index (χ4n) is 5.47. The Bertz CT molecular complexity index is 2330. The molecular formula is C40H32F6N6O8. The van der Waals surface area contributed by atoms with E-state index >= 15 is 0 Å². The third-order valence-electron chi connectivity index (χ3n) is 8.05. The zero-order chi connectivity index (χ0) is 43.2. The van der Waals surface area contributed by atoms with Gasteiger partial charge in [0.1, 0.15) is 0 Å². The number of nitrogens with zero attached hydrogens (tertiary/aromatic N) is 6. The highest BCUT2D eigenvalue weighted by molar-refractivity contribution is 5.89. The normalized spacial score (nSPS) is 10.8. The summed E-state index contributed by atoms with van der Waals surface area (Å²) in [6.07, 6.45) is 9.05. The van der Waals surface area contributed by atoms with Crippen LogP contribution in [0.2, 0.25) is 0 Å². The number of anilines is 4. The molecule has 0 saturated carbocycles. The predicted octanol–water partition coefficient (Wildman–Crippen LogP) is 8.84. The highest BCUT2D eigenvalue weighted by Crippen LogP contribution is 2.38. The molecule has 60 heavy (non-hydrogen) atoms. The minimum absolute atomic E-state index is 0.0108. The van der Waals surface area contributed by atoms with Gasteiger partial charge in [0.2, 0.25) is 0 Å². The van der Waals surface area contributed by atoms with Gasteiger partial charge in [-0.1, -0.05) is 6.07 Å². The van der Waals surface area contributed by atoms with Crippen LogP contribution in [0.15, 0.2) is 122 Å². The number of rotatable bonds is 17. The van der Waals surface area contributed by atoms with E-state index in [0.717, 1.165) is 12.1 Å². The Morgan fingerprint density at radius 2 is 1.00 bits per heavy atom. The molecule has 0 atom stereocenters. The summed E-state index contributed by atoms with van der Waals surface area (Å²) in [7, 11) is 1.36. The molecule has 312 valence electrons. The predicted molar refractivity (Wildman–Crippen MR) is 202 cm³/mol. The summed E-state index contributed by atoms with van der Waals surface area (Å²) < 4.78 is 94.7. The number of carbonyl (C=O) groups is 2. The first-order chi connectivity index (χ1) is 28.8. The van der Waals surface area contributed by atoms with Crippen molar-refractivity contribution in [3.05, 3.63) is 145 Å². The number of halogens is 6. The highest BCUT2D eigenvalue weighted by Gasteiger charge is 2.21. The molecule has 0 aliphatic rings. The molecule has 2 N–H and O–H groups in total. The molecule has 2 heterocycles. The molecule has 20 heteroatoms. The summed E-state index contributed by atoms with van der Waals surface area (Å²) in [5.41, 5.74) is 3.01. The van der Waals surface area contributed by atoms with Gasteiger partial charge in [0.25, 0.3) is 0 Å². The third-order valence-corrected chi connectivity index (χ3v) is 8.05. The molecule has 0 aliphatic heterocycles. The van der Waals surface area contributed by atoms with Crippen molar-refractivity contribution in [1.29, 1.82) is 0 Å². The maximum absolute atomic E-state index is 12.8. The van der Waals surface area contributed by atoms with Crippen LogP contribution in [0.4, 0.5) is 49.1 Å². The number of hydrogen-bond donors (Lipinski definition) is 2. The van der Waals surface area contributed by atoms with Crippen LogP contribution in [0.25, 0.3) is 0 Å². The van der Waals surface area contributed by atoms with E-state index in [1.807, 2.05) is 0 Å². The average molecular weight is 839 g/mol. The second-order valence-electron chi connectivity index (χ2n) is 11.9. The molecule has 0 radical (unpaired) electrons. The van der Waals surface area contributed by atoms with Gasteiger partial charge in [0.05, 0.1) is 55.1 Å². The van der Waals surface area contributed by atoms with Crippen molar-refractivity contribution in [1.82, 2.24) is 19.9 Å². The van der Waals surface area contributed by atoms with Crippen LogP contribution in [-0.4, -0.2) is 69.0 Å². The molecule has 0 amide bonds. The van der Waals surface area contributed by atoms with Crippen molar-refractivity contribution in [2.75, 3.05) is 16.9 Å². The molecule has 4 aromatic carbocycles. The summed E-state index contributed by atoms with van der Waals surface area (Å²) in [4.78, 5) is 42.2. The molecule has 0 spiro atoms. The van der Waals surface area contributed by atoms with Gasteiger partial charge < -0.3 is 39.0 Å². The summed E-state index contributed by atoms with van der Waals surface area (Å²) in [6.45, 7) is -9.20. The molecule has 6 aromatic rings. The van der Waals surface area contributed by atoms with Crippen LogP contribution >= 0.6 is 0 Å². The van der Waals surface area contributed by atoms with Crippen LogP contribution in [-0.2, 0) is 13.1 Å². The zero-order valence-corrected chi connectivity index (χ0v) is 31.0. The third kappa shape index (κ3) is 12.2. The fraction of sp³-hybridized carbons (Fsp3) is 0.150. The van der Waals surface area contributed by atoms with Gasteiger partial charge in [-0.25, -0.2) is 9.59 Å². The maximum Gasteiger partial charge on any atom is 0.387 e. The van der Waals surface area contributed by atoms with Gasteiger partial charge in [0.15, 0.2) is 23.0 Å². The van der Waals surface area contributed by atoms with E-state index in [0.29, 0.717) is 28.5 Å². The molecule has 0 aliphatic carbocycles. The number of alkyl halides is 6. The van der Waals surface area contributed by atoms with E-state index in [1.54, 1.807) is 46.5 Å². The van der Waals surface area contributed by atoms with Crippen molar-refractivity contribution in [2.24, 2.45) is 0 Å². The second-order valence-corrected chi connectivity index (χ2v) is 11.9. The van der Waals surface area contributed by atoms with E-state index in [-0.39, 0.29) is 41.4 Å². The first-order valence-corrected chi connectivity index (χ1v) is 17.2. The van der Waals surface area contributed by atoms with E-state index in [4.69, 9.17) is 9.84 Å². The smallest absolute Gasteiger partial charge is 0.387 e. The highest BCUT2D eigenvalue weighted by atomic mass is 19.3. The number of carboxylic acids is 2. The monoisotopic (exact) mass is 838 g/mol. The van der Waals surface area contributed by atoms with E-state index < -0.39 is 43.3 Å². The molecule has 0 fully saturated rings. The number of carboxylic acid groups (broad SMARTS) is 2. The second kappa shape index (κ2) is 20.7. The van der Waals surface area contributed by atoms with Crippen LogP contribution in [0, 0.1) is 0 Å². The topological polar surface area (TPSA) is 170 Å². The number of ether oxygens (including phenoxy) is 4. The molecule has 6 rings (SSSR count). The minimum atomic E-state index is -3.28. The molecule has 0 bridgehead atoms. The Labute approximate surface area is 336 Å². The van der Waals surface area contributed by atoms with Crippen LogP contribution in [0.3, 0.4) is 0 Å². The van der Waals surface area contributed by atoms with Crippen molar-refractivity contribution in [2.45, 2.75) is 32.9 Å². The minimum Gasteiger partial charge on any atom is -0.493 e. The largest absolute Gasteiger partial charge is 0.493 e. The Balaban J connectivity index is 0.000000228. The van der Waals surface area contributed by atoms with Gasteiger partial charge in [-0.2, -0.15) is 26.3 Å². The van der Waals surface area contributed by atoms with Gasteiger partial charge >= 0.3 is 31.8 Å². The number of benzene rings is 4. The summed E-state index contributed by atoms with van der Waals surface area (Å²) >= 11 is 0. The quantitative estimate of drug-likeness (QED) is 0.0836. The lowest BCUT2D eigenvalue weighted by Gasteiger charge is -2.26. The van der Waals surface area contributed by atoms with Crippen LogP contribution in [0.5, 0.6) is 23.0 Å². The van der Waals surface area contributed by atoms with Crippen molar-refractivity contribution in [3.63, 3.8) is 0 Å². The van der Waals surface area contributed by atoms with Crippen molar-refractivity contribution < 1.29 is 65.1 Å². The van der Waals surface area contributed by atoms with E-state index in [1.165, 1.54) is 80.4 Å². The lowest BCUT2D eigenvalue weighted by atomic mass is 10.1. The lowest BCUT2D eigenvalue weighted by molar-refractivity contribution is -0.0692. The Morgan fingerprint density at radius 1 is 0.550 bits per heavy atom. The SMILES string of the molecule is COc1ccc(N(Cc2cnccn2)c2ccc(C(=O)O)cc2)cc1OC(F)F.O=C(O)c1cccc(N(Cc2cnccn2)c2ccc(OC(F)F)c(OC(F)F)c2)c1. The number of hydrogen-bond acceptors (Lipinski definition) is 12. The van der Waals surface area contributed by atoms with Crippen molar-refractivity contribution >= 4 is 34.7 Å². The number of aromatic nitrogens is 4. The average Bonchev–Trinajstić information content (AvgIpc) is 3.23. The van der Waals surface area contributed by atoms with E-state index in [9.17, 15) is 41.0 Å². The van der Waals surface area contributed by atoms with Gasteiger partial charge in [-0.15, -0.1) is 0 Å². The van der Waals surface area contributed by atoms with Crippen molar-refractivity contribution in [3.8, 4) is 23.0 Å². The Morgan fingerprint density at radius 3 is 1.47 bits per heavy atom. The van der Waals surface area contributed by atoms with E-state index in [2.05, 4.69) is 34.1 Å². The number of aromatic carboxylic acids is 2. The fourth-order valence-corrected chi connectivity index (χ4v) is 5.47. The first-order valence-electron chi connectivity index (χ1n) is 17.2. The molecule has 0 unspecified atom stereocenters. The lowest BCUT2D eigenvalue weighted by Crippen LogP contribution is -2.18. The van der Waals surface area contributed by atoms with Crippen LogP contribution in [0.1, 0.15) is 32.1 Å². The summed E-state index contributed by atoms with van der Waals surface area (Å²) in [5.74, 6) is -3.34. The Hall–Kier alpha value is -7.64. The standard InChI is InChI=1S/C20H15F4N3O4.C20H17F2N3O4/c21-19(22)30-16-5-4-15(9-17(16)31-20(23)24)27(11-13-10-25-6-7-26-13)14-3-1-2-12(8-14)18(28)29;1-28-17-7-6-16(10-18(17)29-20(21)22)25(12-14-11-23-8-9-24-14)15-4-2-13(3-5-15)19(26)27/h1-10,19-20H,11H2,(H,28,29);2-11,20H,12H2,1H3,(H,26,27). The van der Waals surface area contributed by atoms with Crippen LogP contribution < -0.4 is 28.7 Å². The maximum atomic E-state index is 12.8. The van der Waals surface area contributed by atoms with Gasteiger partial charge in [0, 0.05) is 59.7 Å². The molecule has 14 nitrogen and oxygen atoms in total. The van der Waals surface area contributed by atoms with Gasteiger partial charge in [-0.3, -0.25) is 19.9 Å². The molecular weight excluding hydrogens is 806 g/mol. The van der Waals surface area contributed by atoms with Gasteiger partial charge in [-0.05, 0) is 66.7 Å². The molecule has 0 saturated heterocycles. The number of methoxy groups -OCH3 is 1. The summed E-state index contributed by atoms with van der Waals surface area (Å²) in [5, 5.41) is 18.4.